The van der Waals surface area contributed by atoms with Crippen molar-refractivity contribution in [1.29, 1.82) is 0 Å². The smallest absolute Gasteiger partial charge is 0.230 e. The molecule has 0 atom stereocenters. The fraction of sp³-hybridized carbons (Fsp3) is 0.433. The highest BCUT2D eigenvalue weighted by Crippen LogP contribution is 2.48. The van der Waals surface area contributed by atoms with Crippen molar-refractivity contribution in [2.45, 2.75) is 46.0 Å². The van der Waals surface area contributed by atoms with Crippen molar-refractivity contribution < 1.29 is 4.79 Å². The Morgan fingerprint density at radius 3 is 2.74 bits per heavy atom. The number of hydrogen-bond acceptors (Lipinski definition) is 6. The summed E-state index contributed by atoms with van der Waals surface area (Å²) < 4.78 is 1.16. The molecule has 4 heterocycles. The Kier molecular flexibility index (Phi) is 6.93. The van der Waals surface area contributed by atoms with Gasteiger partial charge in [0.05, 0.1) is 26.8 Å². The van der Waals surface area contributed by atoms with Crippen LogP contribution in [0.1, 0.15) is 51.6 Å². The molecule has 2 N–H and O–H groups in total. The van der Waals surface area contributed by atoms with Crippen LogP contribution in [-0.4, -0.2) is 63.4 Å². The minimum absolute atomic E-state index is 0.149. The summed E-state index contributed by atoms with van der Waals surface area (Å²) in [6.07, 6.45) is 9.25. The number of pyridine rings is 1. The summed E-state index contributed by atoms with van der Waals surface area (Å²) in [7, 11) is 0. The third-order valence-corrected chi connectivity index (χ3v) is 8.69. The molecule has 0 unspecified atom stereocenters. The molecule has 1 saturated carbocycles. The number of rotatable bonds is 10. The molecule has 198 valence electrons. The minimum atomic E-state index is -0.149. The molecule has 1 aromatic carbocycles. The zero-order valence-corrected chi connectivity index (χ0v) is 23.1. The highest BCUT2D eigenvalue weighted by Gasteiger charge is 2.52. The molecule has 4 aromatic rings. The number of aromatic nitrogens is 3. The first-order chi connectivity index (χ1) is 18.6. The number of carbonyl (C=O) groups is 1. The number of H-pyrrole nitrogens is 1. The number of nitrogens with one attached hydrogen (secondary N) is 2. The lowest BCUT2D eigenvalue weighted by Crippen LogP contribution is -2.45. The summed E-state index contributed by atoms with van der Waals surface area (Å²) in [6.45, 7) is 8.98. The molecule has 1 amide bonds. The zero-order chi connectivity index (χ0) is 26.1. The maximum absolute atomic E-state index is 13.5. The van der Waals surface area contributed by atoms with Crippen molar-refractivity contribution in [3.63, 3.8) is 0 Å². The van der Waals surface area contributed by atoms with Gasteiger partial charge in [0, 0.05) is 42.6 Å². The van der Waals surface area contributed by atoms with Crippen LogP contribution >= 0.6 is 11.3 Å². The first-order valence-corrected chi connectivity index (χ1v) is 14.8. The van der Waals surface area contributed by atoms with Crippen molar-refractivity contribution in [2.75, 3.05) is 38.0 Å². The number of amides is 1. The number of anilines is 2. The van der Waals surface area contributed by atoms with Crippen LogP contribution in [0.25, 0.3) is 26.8 Å². The summed E-state index contributed by atoms with van der Waals surface area (Å²) in [5, 5.41) is 4.63. The zero-order valence-electron chi connectivity index (χ0n) is 22.3. The molecular weight excluding hydrogens is 492 g/mol. The summed E-state index contributed by atoms with van der Waals surface area (Å²) in [6, 6.07) is 10.5. The molecule has 0 radical (unpaired) electrons. The SMILES string of the molecule is CCCN(CCC)CC1(C(=O)N2CC=C(c3cc4c(Nc5ccc6ncsc6c5)ccnc4[nH]3)CC2)CC1. The van der Waals surface area contributed by atoms with Crippen molar-refractivity contribution in [3.05, 3.63) is 53.8 Å². The van der Waals surface area contributed by atoms with E-state index in [2.05, 4.69) is 68.2 Å². The van der Waals surface area contributed by atoms with E-state index in [0.29, 0.717) is 12.5 Å². The second-order valence-corrected chi connectivity index (χ2v) is 11.6. The molecule has 0 bridgehead atoms. The van der Waals surface area contributed by atoms with Crippen molar-refractivity contribution >= 4 is 55.4 Å². The molecule has 0 spiro atoms. The van der Waals surface area contributed by atoms with E-state index in [4.69, 9.17) is 0 Å². The van der Waals surface area contributed by atoms with Crippen molar-refractivity contribution in [3.8, 4) is 0 Å². The van der Waals surface area contributed by atoms with Gasteiger partial charge in [-0.15, -0.1) is 11.3 Å². The van der Waals surface area contributed by atoms with Gasteiger partial charge in [-0.05, 0) is 81.1 Å². The lowest BCUT2D eigenvalue weighted by Gasteiger charge is -2.33. The maximum Gasteiger partial charge on any atom is 0.230 e. The van der Waals surface area contributed by atoms with Gasteiger partial charge in [-0.3, -0.25) is 4.79 Å². The predicted octanol–water partition coefficient (Wildman–Crippen LogP) is 6.43. The van der Waals surface area contributed by atoms with Gasteiger partial charge in [0.2, 0.25) is 5.91 Å². The quantitative estimate of drug-likeness (QED) is 0.248. The molecule has 38 heavy (non-hydrogen) atoms. The average Bonchev–Trinajstić information content (AvgIpc) is 3.34. The van der Waals surface area contributed by atoms with Crippen molar-refractivity contribution in [1.82, 2.24) is 24.8 Å². The van der Waals surface area contributed by atoms with E-state index in [0.717, 1.165) is 96.6 Å². The van der Waals surface area contributed by atoms with Gasteiger partial charge in [0.15, 0.2) is 0 Å². The van der Waals surface area contributed by atoms with E-state index in [9.17, 15) is 4.79 Å². The number of hydrogen-bond donors (Lipinski definition) is 2. The molecule has 3 aromatic heterocycles. The summed E-state index contributed by atoms with van der Waals surface area (Å²) in [5.41, 5.74) is 8.02. The van der Waals surface area contributed by atoms with E-state index in [1.165, 1.54) is 5.57 Å². The van der Waals surface area contributed by atoms with Gasteiger partial charge in [-0.25, -0.2) is 9.97 Å². The first-order valence-electron chi connectivity index (χ1n) is 13.9. The molecular formula is C30H36N6OS. The van der Waals surface area contributed by atoms with Gasteiger partial charge >= 0.3 is 0 Å². The molecule has 2 aliphatic rings. The van der Waals surface area contributed by atoms with Crippen molar-refractivity contribution in [2.24, 2.45) is 5.41 Å². The molecule has 7 nitrogen and oxygen atoms in total. The Morgan fingerprint density at radius 1 is 1.16 bits per heavy atom. The van der Waals surface area contributed by atoms with Crippen LogP contribution < -0.4 is 5.32 Å². The number of carbonyl (C=O) groups excluding carboxylic acids is 1. The lowest BCUT2D eigenvalue weighted by molar-refractivity contribution is -0.137. The lowest BCUT2D eigenvalue weighted by atomic mass is 10.00. The van der Waals surface area contributed by atoms with E-state index in [1.54, 1.807) is 11.3 Å². The molecule has 1 aliphatic carbocycles. The molecule has 8 heteroatoms. The molecule has 1 aliphatic heterocycles. The van der Waals surface area contributed by atoms with Crippen LogP contribution in [-0.2, 0) is 4.79 Å². The third-order valence-electron chi connectivity index (χ3n) is 7.90. The van der Waals surface area contributed by atoms with Crippen LogP contribution in [0.3, 0.4) is 0 Å². The molecule has 0 saturated heterocycles. The third kappa shape index (κ3) is 4.95. The fourth-order valence-corrected chi connectivity index (χ4v) is 6.47. The van der Waals surface area contributed by atoms with Gasteiger partial charge < -0.3 is 20.1 Å². The van der Waals surface area contributed by atoms with E-state index in [1.807, 2.05) is 23.8 Å². The number of thiazole rings is 1. The second-order valence-electron chi connectivity index (χ2n) is 10.8. The number of nitrogens with zero attached hydrogens (tertiary/aromatic N) is 4. The van der Waals surface area contributed by atoms with E-state index >= 15 is 0 Å². The van der Waals surface area contributed by atoms with Crippen LogP contribution in [0.5, 0.6) is 0 Å². The Morgan fingerprint density at radius 2 is 2.00 bits per heavy atom. The molecule has 1 fully saturated rings. The minimum Gasteiger partial charge on any atom is -0.355 e. The topological polar surface area (TPSA) is 77.2 Å². The Labute approximate surface area is 228 Å². The van der Waals surface area contributed by atoms with Gasteiger partial charge in [0.1, 0.15) is 5.65 Å². The summed E-state index contributed by atoms with van der Waals surface area (Å²) >= 11 is 1.65. The number of fused-ring (bicyclic) bond motifs is 2. The molecule has 6 rings (SSSR count). The largest absolute Gasteiger partial charge is 0.355 e. The normalized spacial score (nSPS) is 16.8. The number of aromatic amines is 1. The average molecular weight is 529 g/mol. The van der Waals surface area contributed by atoms with E-state index < -0.39 is 0 Å². The Hall–Kier alpha value is -3.23. The summed E-state index contributed by atoms with van der Waals surface area (Å²) in [4.78, 5) is 30.6. The predicted molar refractivity (Wildman–Crippen MR) is 157 cm³/mol. The van der Waals surface area contributed by atoms with Crippen LogP contribution in [0.4, 0.5) is 11.4 Å². The number of benzene rings is 1. The van der Waals surface area contributed by atoms with Crippen LogP contribution in [0.15, 0.2) is 48.1 Å². The summed E-state index contributed by atoms with van der Waals surface area (Å²) in [5.74, 6) is 0.354. The highest BCUT2D eigenvalue weighted by molar-refractivity contribution is 7.16. The Balaban J connectivity index is 1.16. The monoisotopic (exact) mass is 528 g/mol. The van der Waals surface area contributed by atoms with Crippen LogP contribution in [0.2, 0.25) is 0 Å². The maximum atomic E-state index is 13.5. The fourth-order valence-electron chi connectivity index (χ4n) is 5.75. The van der Waals surface area contributed by atoms with E-state index in [-0.39, 0.29) is 5.41 Å². The van der Waals surface area contributed by atoms with Crippen LogP contribution in [0, 0.1) is 5.41 Å². The Bertz CT molecular complexity index is 1480. The van der Waals surface area contributed by atoms with Gasteiger partial charge in [0.25, 0.3) is 0 Å². The highest BCUT2D eigenvalue weighted by atomic mass is 32.1. The first kappa shape index (κ1) is 25.1. The van der Waals surface area contributed by atoms with Gasteiger partial charge in [-0.2, -0.15) is 0 Å². The van der Waals surface area contributed by atoms with Gasteiger partial charge in [-0.1, -0.05) is 19.9 Å². The second kappa shape index (κ2) is 10.5. The standard InChI is InChI=1S/C30H36N6OS/c1-3-13-35(14-4-2)19-30(10-11-30)29(37)36-15-8-21(9-16-36)26-18-23-24(7-12-31-28(23)34-26)33-22-5-6-25-27(17-22)38-20-32-25/h5-8,12,17-18,20H,3-4,9-11,13-16,19H2,1-2H3,(H2,31,33,34).